The maximum atomic E-state index is 12.6. The molecule has 0 aliphatic heterocycles. The summed E-state index contributed by atoms with van der Waals surface area (Å²) in [4.78, 5) is 49.1. The molecule has 0 fully saturated rings. The molecule has 2 amide bonds. The van der Waals surface area contributed by atoms with Gasteiger partial charge in [-0.05, 0) is 10.9 Å². The fourth-order valence-electron chi connectivity index (χ4n) is 2.84. The highest BCUT2D eigenvalue weighted by Gasteiger charge is 2.26. The fourth-order valence-corrected chi connectivity index (χ4v) is 4.40. The highest BCUT2D eigenvalue weighted by Crippen LogP contribution is 2.07. The molecule has 0 saturated carbocycles. The van der Waals surface area contributed by atoms with Crippen molar-refractivity contribution in [1.29, 1.82) is 0 Å². The number of ketones is 2. The van der Waals surface area contributed by atoms with Gasteiger partial charge in [-0.2, -0.15) is 0 Å². The molecular weight excluding hydrogens is 480 g/mol. The van der Waals surface area contributed by atoms with Crippen LogP contribution in [0, 0.1) is 0 Å². The number of hydrogen-bond donors (Lipinski definition) is 2. The average molecular weight is 506 g/mol. The zero-order chi connectivity index (χ0) is 22.6. The van der Waals surface area contributed by atoms with Gasteiger partial charge in [0.15, 0.2) is 11.5 Å². The third-order valence-electron chi connectivity index (χ3n) is 4.52. The minimum absolute atomic E-state index is 0.0605. The lowest BCUT2D eigenvalue weighted by Crippen LogP contribution is -2.49. The van der Waals surface area contributed by atoms with Gasteiger partial charge >= 0.3 is 0 Å². The maximum Gasteiger partial charge on any atom is 0.243 e. The van der Waals surface area contributed by atoms with Gasteiger partial charge in [-0.25, -0.2) is 0 Å². The summed E-state index contributed by atoms with van der Waals surface area (Å²) in [5, 5.41) is 5.37. The van der Waals surface area contributed by atoms with Crippen LogP contribution in [-0.2, 0) is 20.5 Å². The Labute approximate surface area is 193 Å². The van der Waals surface area contributed by atoms with Crippen LogP contribution in [0.15, 0.2) is 60.7 Å². The normalized spacial score (nSPS) is 12.5. The number of halogens is 1. The predicted octanol–water partition coefficient (Wildman–Crippen LogP) is 2.39. The first-order valence-electron chi connectivity index (χ1n) is 9.79. The Hall–Kier alpha value is -2.45. The Bertz CT molecular complexity index is 893. The van der Waals surface area contributed by atoms with Gasteiger partial charge in [0, 0.05) is 17.5 Å². The van der Waals surface area contributed by atoms with Crippen LogP contribution in [0.1, 0.15) is 27.1 Å². The van der Waals surface area contributed by atoms with Crippen molar-refractivity contribution in [2.45, 2.75) is 12.5 Å². The van der Waals surface area contributed by atoms with E-state index >= 15 is 0 Å². The van der Waals surface area contributed by atoms with Gasteiger partial charge < -0.3 is 10.6 Å². The molecule has 0 heterocycles. The number of nitrogens with one attached hydrogen (secondary N) is 2. The molecule has 2 atom stereocenters. The second kappa shape index (κ2) is 13.1. The van der Waals surface area contributed by atoms with Crippen molar-refractivity contribution >= 4 is 50.2 Å². The topological polar surface area (TPSA) is 92.3 Å². The van der Waals surface area contributed by atoms with Gasteiger partial charge in [-0.15, -0.1) is 0 Å². The van der Waals surface area contributed by atoms with Crippen molar-refractivity contribution in [3.05, 3.63) is 71.8 Å². The summed E-state index contributed by atoms with van der Waals surface area (Å²) < 4.78 is 0. The highest BCUT2D eigenvalue weighted by molar-refractivity contribution is 9.09. The Morgan fingerprint density at radius 3 is 2.00 bits per heavy atom. The quantitative estimate of drug-likeness (QED) is 0.263. The predicted molar refractivity (Wildman–Crippen MR) is 128 cm³/mol. The van der Waals surface area contributed by atoms with E-state index in [1.54, 1.807) is 36.4 Å². The number of Topliss-reactive ketones (excluding diaryl/α,β-unsaturated/α-hetero) is 2. The van der Waals surface area contributed by atoms with Crippen molar-refractivity contribution in [3.8, 4) is 0 Å². The van der Waals surface area contributed by atoms with E-state index in [1.165, 1.54) is 0 Å². The molecule has 0 aromatic heterocycles. The van der Waals surface area contributed by atoms with Crippen molar-refractivity contribution in [2.75, 3.05) is 29.6 Å². The lowest BCUT2D eigenvalue weighted by molar-refractivity contribution is -0.127. The molecular formula is C23H26BrN2O4S+. The molecule has 31 heavy (non-hydrogen) atoms. The summed E-state index contributed by atoms with van der Waals surface area (Å²) in [6.45, 7) is -0.145. The number of carbonyl (C=O) groups is 4. The van der Waals surface area contributed by atoms with Gasteiger partial charge in [0.05, 0.1) is 18.1 Å². The van der Waals surface area contributed by atoms with Crippen LogP contribution < -0.4 is 10.6 Å². The summed E-state index contributed by atoms with van der Waals surface area (Å²) in [7, 11) is -0.256. The van der Waals surface area contributed by atoms with E-state index in [4.69, 9.17) is 0 Å². The van der Waals surface area contributed by atoms with Gasteiger partial charge in [0.25, 0.3) is 0 Å². The Morgan fingerprint density at radius 1 is 0.903 bits per heavy atom. The molecule has 0 bridgehead atoms. The van der Waals surface area contributed by atoms with E-state index in [-0.39, 0.29) is 40.2 Å². The lowest BCUT2D eigenvalue weighted by Gasteiger charge is -2.17. The standard InChI is InChI=1S/C23H25BrN2O4S/c1-31(16-21(28)18-10-6-3-7-11-18)13-12-19(26-22(29)14-24)23(30)25-15-20(27)17-8-4-2-5-9-17/h2-11,19H,12-16H2,1H3,(H-,25,26,29,30)/p+1. The van der Waals surface area contributed by atoms with E-state index in [0.717, 1.165) is 0 Å². The van der Waals surface area contributed by atoms with E-state index in [1.807, 2.05) is 30.5 Å². The van der Waals surface area contributed by atoms with Crippen LogP contribution in [-0.4, -0.2) is 59.1 Å². The van der Waals surface area contributed by atoms with Crippen LogP contribution in [0.3, 0.4) is 0 Å². The first-order valence-corrected chi connectivity index (χ1v) is 12.9. The molecule has 6 nitrogen and oxygen atoms in total. The molecule has 0 radical (unpaired) electrons. The largest absolute Gasteiger partial charge is 0.347 e. The fraction of sp³-hybridized carbons (Fsp3) is 0.304. The Kier molecular flexibility index (Phi) is 10.5. The number of alkyl halides is 1. The highest BCUT2D eigenvalue weighted by atomic mass is 79.9. The molecule has 2 N–H and O–H groups in total. The van der Waals surface area contributed by atoms with Crippen molar-refractivity contribution < 1.29 is 19.2 Å². The maximum absolute atomic E-state index is 12.6. The molecule has 8 heteroatoms. The third kappa shape index (κ3) is 8.67. The number of carbonyl (C=O) groups excluding carboxylic acids is 4. The molecule has 2 aromatic carbocycles. The van der Waals surface area contributed by atoms with Crippen LogP contribution in [0.5, 0.6) is 0 Å². The SMILES string of the molecule is C[S+](CCC(NC(=O)CBr)C(=O)NCC(=O)c1ccccc1)CC(=O)c1ccccc1. The third-order valence-corrected chi connectivity index (χ3v) is 6.72. The molecule has 2 rings (SSSR count). The Balaban J connectivity index is 1.89. The van der Waals surface area contributed by atoms with E-state index in [9.17, 15) is 19.2 Å². The molecule has 0 aliphatic rings. The minimum Gasteiger partial charge on any atom is -0.347 e. The van der Waals surface area contributed by atoms with Gasteiger partial charge in [-0.1, -0.05) is 76.6 Å². The number of rotatable bonds is 12. The van der Waals surface area contributed by atoms with Crippen LogP contribution in [0.2, 0.25) is 0 Å². The van der Waals surface area contributed by atoms with E-state index in [2.05, 4.69) is 26.6 Å². The first-order chi connectivity index (χ1) is 14.9. The molecule has 0 aliphatic carbocycles. The van der Waals surface area contributed by atoms with Gasteiger partial charge in [-0.3, -0.25) is 19.2 Å². The van der Waals surface area contributed by atoms with Crippen molar-refractivity contribution in [3.63, 3.8) is 0 Å². The zero-order valence-corrected chi connectivity index (χ0v) is 19.7. The summed E-state index contributed by atoms with van der Waals surface area (Å²) in [5.74, 6) is 0.118. The molecule has 2 unspecified atom stereocenters. The molecule has 164 valence electrons. The van der Waals surface area contributed by atoms with E-state index in [0.29, 0.717) is 29.1 Å². The molecule has 2 aromatic rings. The summed E-state index contributed by atoms with van der Waals surface area (Å²) in [6.07, 6.45) is 2.35. The number of amides is 2. The second-order valence-corrected chi connectivity index (χ2v) is 9.79. The van der Waals surface area contributed by atoms with Crippen LogP contribution in [0.25, 0.3) is 0 Å². The van der Waals surface area contributed by atoms with Crippen molar-refractivity contribution in [1.82, 2.24) is 10.6 Å². The first kappa shape index (κ1) is 24.8. The van der Waals surface area contributed by atoms with Crippen molar-refractivity contribution in [2.24, 2.45) is 0 Å². The summed E-state index contributed by atoms with van der Waals surface area (Å²) in [6, 6.07) is 17.0. The molecule has 0 saturated heterocycles. The monoisotopic (exact) mass is 505 g/mol. The Morgan fingerprint density at radius 2 is 1.45 bits per heavy atom. The smallest absolute Gasteiger partial charge is 0.243 e. The molecule has 0 spiro atoms. The van der Waals surface area contributed by atoms with Crippen LogP contribution >= 0.6 is 15.9 Å². The minimum atomic E-state index is -0.768. The summed E-state index contributed by atoms with van der Waals surface area (Å²) in [5.41, 5.74) is 1.18. The zero-order valence-electron chi connectivity index (χ0n) is 17.3. The van der Waals surface area contributed by atoms with E-state index < -0.39 is 11.9 Å². The van der Waals surface area contributed by atoms with Gasteiger partial charge in [0.2, 0.25) is 17.6 Å². The van der Waals surface area contributed by atoms with Crippen LogP contribution in [0.4, 0.5) is 0 Å². The number of hydrogen-bond acceptors (Lipinski definition) is 4. The lowest BCUT2D eigenvalue weighted by atomic mass is 10.1. The average Bonchev–Trinajstić information content (AvgIpc) is 2.80. The number of benzene rings is 2. The second-order valence-electron chi connectivity index (χ2n) is 6.97. The summed E-state index contributed by atoms with van der Waals surface area (Å²) >= 11 is 3.08. The van der Waals surface area contributed by atoms with Gasteiger partial charge in [0.1, 0.15) is 11.8 Å².